The normalized spacial score (nSPS) is 13.9. The summed E-state index contributed by atoms with van der Waals surface area (Å²) in [5.41, 5.74) is -0.710. The van der Waals surface area contributed by atoms with Gasteiger partial charge in [0.1, 0.15) is 29.6 Å². The lowest BCUT2D eigenvalue weighted by Gasteiger charge is -2.26. The first-order chi connectivity index (χ1) is 11.6. The van der Waals surface area contributed by atoms with Gasteiger partial charge in [-0.25, -0.2) is 13.6 Å². The van der Waals surface area contributed by atoms with Crippen LogP contribution in [0, 0.1) is 11.6 Å². The molecule has 0 aliphatic rings. The summed E-state index contributed by atoms with van der Waals surface area (Å²) < 4.78 is 41.8. The summed E-state index contributed by atoms with van der Waals surface area (Å²) in [6, 6.07) is 1.89. The number of alkyl carbamates (subject to hydrolysis) is 1. The third kappa shape index (κ3) is 8.64. The highest BCUT2D eigenvalue weighted by Crippen LogP contribution is 2.16. The molecule has 2 N–H and O–H groups in total. The second-order valence-electron chi connectivity index (χ2n) is 6.52. The summed E-state index contributed by atoms with van der Waals surface area (Å²) in [5, 5.41) is 12.7. The predicted molar refractivity (Wildman–Crippen MR) is 87.5 cm³/mol. The Balaban J connectivity index is 2.74. The van der Waals surface area contributed by atoms with E-state index >= 15 is 0 Å². The number of hydrogen-bond acceptors (Lipinski definition) is 5. The molecule has 2 atom stereocenters. The SMILES string of the molecule is COCC[C@@H](O)[C@H](COc1cc(F)cc(F)c1)NC(=O)OC(C)(C)C. The Kier molecular flexibility index (Phi) is 8.05. The van der Waals surface area contributed by atoms with Gasteiger partial charge < -0.3 is 24.6 Å². The van der Waals surface area contributed by atoms with E-state index in [-0.39, 0.29) is 25.4 Å². The van der Waals surface area contributed by atoms with Crippen molar-refractivity contribution in [3.8, 4) is 5.75 Å². The number of amides is 1. The Morgan fingerprint density at radius 2 is 1.84 bits per heavy atom. The van der Waals surface area contributed by atoms with Gasteiger partial charge in [-0.1, -0.05) is 0 Å². The summed E-state index contributed by atoms with van der Waals surface area (Å²) in [7, 11) is 1.48. The second kappa shape index (κ2) is 9.53. The van der Waals surface area contributed by atoms with Crippen LogP contribution in [-0.2, 0) is 9.47 Å². The molecular weight excluding hydrogens is 336 g/mol. The Hall–Kier alpha value is -1.93. The number of ether oxygens (including phenoxy) is 3. The Bertz CT molecular complexity index is 542. The van der Waals surface area contributed by atoms with Gasteiger partial charge in [-0.2, -0.15) is 0 Å². The van der Waals surface area contributed by atoms with E-state index in [4.69, 9.17) is 14.2 Å². The molecule has 0 unspecified atom stereocenters. The van der Waals surface area contributed by atoms with Crippen LogP contribution in [0.5, 0.6) is 5.75 Å². The molecule has 0 bridgehead atoms. The number of halogens is 2. The molecule has 0 heterocycles. The van der Waals surface area contributed by atoms with Gasteiger partial charge in [-0.05, 0) is 27.2 Å². The molecule has 6 nitrogen and oxygen atoms in total. The van der Waals surface area contributed by atoms with E-state index in [1.165, 1.54) is 7.11 Å². The fraction of sp³-hybridized carbons (Fsp3) is 0.588. The average molecular weight is 361 g/mol. The zero-order valence-electron chi connectivity index (χ0n) is 14.8. The van der Waals surface area contributed by atoms with E-state index in [1.54, 1.807) is 20.8 Å². The number of nitrogens with one attached hydrogen (secondary N) is 1. The van der Waals surface area contributed by atoms with Gasteiger partial charge in [0.05, 0.1) is 12.1 Å². The van der Waals surface area contributed by atoms with Crippen molar-refractivity contribution in [2.24, 2.45) is 0 Å². The summed E-state index contributed by atoms with van der Waals surface area (Å²) in [5.74, 6) is -1.62. The number of carbonyl (C=O) groups excluding carboxylic acids is 1. The molecule has 1 aromatic carbocycles. The molecule has 0 fully saturated rings. The van der Waals surface area contributed by atoms with Crippen LogP contribution in [0.4, 0.5) is 13.6 Å². The number of methoxy groups -OCH3 is 1. The largest absolute Gasteiger partial charge is 0.491 e. The summed E-state index contributed by atoms with van der Waals surface area (Å²) in [4.78, 5) is 11.9. The molecule has 0 aliphatic heterocycles. The first-order valence-corrected chi connectivity index (χ1v) is 7.86. The molecular formula is C17H25F2NO5. The summed E-state index contributed by atoms with van der Waals surface area (Å²) in [6.07, 6.45) is -1.49. The average Bonchev–Trinajstić information content (AvgIpc) is 2.46. The first kappa shape index (κ1) is 21.1. The molecule has 8 heteroatoms. The van der Waals surface area contributed by atoms with Gasteiger partial charge in [0.15, 0.2) is 0 Å². The maximum Gasteiger partial charge on any atom is 0.408 e. The lowest BCUT2D eigenvalue weighted by molar-refractivity contribution is 0.0301. The van der Waals surface area contributed by atoms with Crippen LogP contribution in [0.15, 0.2) is 18.2 Å². The summed E-state index contributed by atoms with van der Waals surface area (Å²) >= 11 is 0. The third-order valence-electron chi connectivity index (χ3n) is 3.05. The van der Waals surface area contributed by atoms with Crippen molar-refractivity contribution in [3.63, 3.8) is 0 Å². The number of rotatable bonds is 8. The van der Waals surface area contributed by atoms with Crippen molar-refractivity contribution in [2.45, 2.75) is 44.9 Å². The van der Waals surface area contributed by atoms with Crippen LogP contribution >= 0.6 is 0 Å². The highest BCUT2D eigenvalue weighted by atomic mass is 19.1. The number of benzene rings is 1. The second-order valence-corrected chi connectivity index (χ2v) is 6.52. The van der Waals surface area contributed by atoms with Crippen LogP contribution in [-0.4, -0.2) is 49.3 Å². The zero-order chi connectivity index (χ0) is 19.0. The van der Waals surface area contributed by atoms with Gasteiger partial charge in [0, 0.05) is 31.9 Å². The van der Waals surface area contributed by atoms with E-state index < -0.39 is 35.5 Å². The predicted octanol–water partition coefficient (Wildman–Crippen LogP) is 2.63. The van der Waals surface area contributed by atoms with Gasteiger partial charge >= 0.3 is 6.09 Å². The molecule has 0 saturated carbocycles. The standard InChI is InChI=1S/C17H25F2NO5/c1-17(2,3)25-16(22)20-14(15(21)5-6-23-4)10-24-13-8-11(18)7-12(19)9-13/h7-9,14-15,21H,5-6,10H2,1-4H3,(H,20,22)/t14-,15+/m0/s1. The Labute approximate surface area is 146 Å². The van der Waals surface area contributed by atoms with E-state index in [0.717, 1.165) is 18.2 Å². The van der Waals surface area contributed by atoms with Crippen LogP contribution in [0.2, 0.25) is 0 Å². The maximum atomic E-state index is 13.2. The van der Waals surface area contributed by atoms with E-state index in [0.29, 0.717) is 0 Å². The number of hydrogen-bond donors (Lipinski definition) is 2. The lowest BCUT2D eigenvalue weighted by Crippen LogP contribution is -2.49. The number of carbonyl (C=O) groups is 1. The van der Waals surface area contributed by atoms with E-state index in [9.17, 15) is 18.7 Å². The van der Waals surface area contributed by atoms with Crippen molar-refractivity contribution in [1.82, 2.24) is 5.32 Å². The van der Waals surface area contributed by atoms with Crippen LogP contribution in [0.3, 0.4) is 0 Å². The highest BCUT2D eigenvalue weighted by molar-refractivity contribution is 5.68. The summed E-state index contributed by atoms with van der Waals surface area (Å²) in [6.45, 7) is 5.17. The molecule has 0 spiro atoms. The molecule has 25 heavy (non-hydrogen) atoms. The van der Waals surface area contributed by atoms with Crippen molar-refractivity contribution in [2.75, 3.05) is 20.3 Å². The maximum absolute atomic E-state index is 13.2. The fourth-order valence-electron chi connectivity index (χ4n) is 1.95. The van der Waals surface area contributed by atoms with E-state index in [1.807, 2.05) is 0 Å². The first-order valence-electron chi connectivity index (χ1n) is 7.86. The van der Waals surface area contributed by atoms with Crippen molar-refractivity contribution >= 4 is 6.09 Å². The van der Waals surface area contributed by atoms with Gasteiger partial charge in [-0.15, -0.1) is 0 Å². The third-order valence-corrected chi connectivity index (χ3v) is 3.05. The fourth-order valence-corrected chi connectivity index (χ4v) is 1.95. The van der Waals surface area contributed by atoms with Gasteiger partial charge in [0.25, 0.3) is 0 Å². The van der Waals surface area contributed by atoms with Gasteiger partial charge in [-0.3, -0.25) is 0 Å². The molecule has 0 aliphatic carbocycles. The highest BCUT2D eigenvalue weighted by Gasteiger charge is 2.25. The molecule has 1 rings (SSSR count). The Morgan fingerprint density at radius 3 is 2.36 bits per heavy atom. The topological polar surface area (TPSA) is 77.0 Å². The van der Waals surface area contributed by atoms with Crippen molar-refractivity contribution in [3.05, 3.63) is 29.8 Å². The molecule has 0 aromatic heterocycles. The van der Waals surface area contributed by atoms with Gasteiger partial charge in [0.2, 0.25) is 0 Å². The van der Waals surface area contributed by atoms with Crippen LogP contribution in [0.1, 0.15) is 27.2 Å². The monoisotopic (exact) mass is 361 g/mol. The minimum atomic E-state index is -0.995. The minimum Gasteiger partial charge on any atom is -0.491 e. The van der Waals surface area contributed by atoms with Crippen LogP contribution in [0.25, 0.3) is 0 Å². The lowest BCUT2D eigenvalue weighted by atomic mass is 10.1. The minimum absolute atomic E-state index is 0.0487. The van der Waals surface area contributed by atoms with E-state index in [2.05, 4.69) is 5.32 Å². The zero-order valence-corrected chi connectivity index (χ0v) is 14.8. The molecule has 0 saturated heterocycles. The molecule has 1 aromatic rings. The smallest absolute Gasteiger partial charge is 0.408 e. The van der Waals surface area contributed by atoms with Crippen molar-refractivity contribution < 1.29 is 32.9 Å². The van der Waals surface area contributed by atoms with Crippen molar-refractivity contribution in [1.29, 1.82) is 0 Å². The number of aliphatic hydroxyl groups excluding tert-OH is 1. The molecule has 1 amide bonds. The number of aliphatic hydroxyl groups is 1. The molecule has 0 radical (unpaired) electrons. The quantitative estimate of drug-likeness (QED) is 0.744. The molecule has 142 valence electrons. The Morgan fingerprint density at radius 1 is 1.24 bits per heavy atom. The van der Waals surface area contributed by atoms with Crippen LogP contribution < -0.4 is 10.1 Å².